The van der Waals surface area contributed by atoms with Crippen LogP contribution in [-0.4, -0.2) is 32.1 Å². The van der Waals surface area contributed by atoms with Gasteiger partial charge in [-0.05, 0) is 57.7 Å². The van der Waals surface area contributed by atoms with Crippen molar-refractivity contribution in [2.24, 2.45) is 5.92 Å². The van der Waals surface area contributed by atoms with Crippen LogP contribution in [0.4, 0.5) is 4.39 Å². The minimum Gasteiger partial charge on any atom is -0.316 e. The van der Waals surface area contributed by atoms with Gasteiger partial charge < -0.3 is 10.2 Å². The van der Waals surface area contributed by atoms with E-state index in [2.05, 4.69) is 26.1 Å². The van der Waals surface area contributed by atoms with E-state index in [-0.39, 0.29) is 11.9 Å². The number of hydrogen-bond donors (Lipinski definition) is 1. The second-order valence-electron chi connectivity index (χ2n) is 4.83. The van der Waals surface area contributed by atoms with Crippen LogP contribution in [0.1, 0.15) is 18.0 Å². The predicted molar refractivity (Wildman–Crippen MR) is 71.5 cm³/mol. The molecule has 0 aromatic heterocycles. The Hall–Kier alpha value is -0.450. The van der Waals surface area contributed by atoms with Gasteiger partial charge in [-0.2, -0.15) is 0 Å². The van der Waals surface area contributed by atoms with Gasteiger partial charge >= 0.3 is 0 Å². The van der Waals surface area contributed by atoms with Crippen molar-refractivity contribution < 1.29 is 4.39 Å². The third-order valence-electron chi connectivity index (χ3n) is 3.38. The number of hydrogen-bond acceptors (Lipinski definition) is 2. The second kappa shape index (κ2) is 5.46. The third kappa shape index (κ3) is 2.87. The van der Waals surface area contributed by atoms with Crippen LogP contribution in [-0.2, 0) is 0 Å². The molecule has 1 fully saturated rings. The van der Waals surface area contributed by atoms with Gasteiger partial charge in [-0.3, -0.25) is 0 Å². The van der Waals surface area contributed by atoms with Crippen molar-refractivity contribution in [2.45, 2.75) is 12.5 Å². The van der Waals surface area contributed by atoms with E-state index in [0.29, 0.717) is 5.92 Å². The van der Waals surface area contributed by atoms with Crippen LogP contribution < -0.4 is 5.32 Å². The van der Waals surface area contributed by atoms with E-state index < -0.39 is 0 Å². The molecular formula is C13H18BrFN2. The molecule has 1 aromatic carbocycles. The fourth-order valence-corrected chi connectivity index (χ4v) is 3.02. The van der Waals surface area contributed by atoms with E-state index in [9.17, 15) is 4.39 Å². The maximum atomic E-state index is 14.0. The first-order valence-corrected chi connectivity index (χ1v) is 6.71. The third-order valence-corrected chi connectivity index (χ3v) is 3.87. The molecule has 1 heterocycles. The topological polar surface area (TPSA) is 15.3 Å². The van der Waals surface area contributed by atoms with Gasteiger partial charge in [-0.15, -0.1) is 0 Å². The summed E-state index contributed by atoms with van der Waals surface area (Å²) in [6.45, 7) is 2.00. The fourth-order valence-electron chi connectivity index (χ4n) is 2.64. The summed E-state index contributed by atoms with van der Waals surface area (Å²) in [5, 5.41) is 3.35. The van der Waals surface area contributed by atoms with E-state index in [0.717, 1.165) is 29.5 Å². The van der Waals surface area contributed by atoms with Gasteiger partial charge in [-0.1, -0.05) is 15.9 Å². The molecule has 1 aromatic rings. The van der Waals surface area contributed by atoms with Crippen molar-refractivity contribution >= 4 is 15.9 Å². The number of rotatable bonds is 3. The highest BCUT2D eigenvalue weighted by Crippen LogP contribution is 2.33. The molecule has 1 aliphatic rings. The van der Waals surface area contributed by atoms with Gasteiger partial charge in [0, 0.05) is 16.1 Å². The maximum Gasteiger partial charge on any atom is 0.128 e. The van der Waals surface area contributed by atoms with Crippen molar-refractivity contribution in [3.8, 4) is 0 Å². The molecule has 0 spiro atoms. The zero-order chi connectivity index (χ0) is 12.4. The van der Waals surface area contributed by atoms with Crippen LogP contribution in [0.2, 0.25) is 0 Å². The van der Waals surface area contributed by atoms with E-state index in [1.54, 1.807) is 6.07 Å². The molecule has 0 aliphatic carbocycles. The lowest BCUT2D eigenvalue weighted by Gasteiger charge is -2.30. The number of nitrogens with zero attached hydrogens (tertiary/aromatic N) is 1. The molecule has 2 rings (SSSR count). The van der Waals surface area contributed by atoms with Crippen LogP contribution in [0.25, 0.3) is 0 Å². The summed E-state index contributed by atoms with van der Waals surface area (Å²) in [7, 11) is 4.03. The van der Waals surface area contributed by atoms with Gasteiger partial charge in [0.15, 0.2) is 0 Å². The summed E-state index contributed by atoms with van der Waals surface area (Å²) < 4.78 is 14.9. The lowest BCUT2D eigenvalue weighted by Crippen LogP contribution is -2.29. The minimum absolute atomic E-state index is 0.112. The Morgan fingerprint density at radius 3 is 2.82 bits per heavy atom. The van der Waals surface area contributed by atoms with Crippen LogP contribution in [0, 0.1) is 11.7 Å². The highest BCUT2D eigenvalue weighted by molar-refractivity contribution is 9.10. The van der Waals surface area contributed by atoms with Crippen molar-refractivity contribution in [1.82, 2.24) is 10.2 Å². The monoisotopic (exact) mass is 300 g/mol. The summed E-state index contributed by atoms with van der Waals surface area (Å²) in [6.07, 6.45) is 1.11. The normalized spacial score (nSPS) is 22.1. The Morgan fingerprint density at radius 2 is 2.24 bits per heavy atom. The SMILES string of the molecule is CN(C)C(c1cc(Br)ccc1F)C1CCNC1. The predicted octanol–water partition coefficient (Wildman–Crippen LogP) is 2.80. The van der Waals surface area contributed by atoms with E-state index >= 15 is 0 Å². The van der Waals surface area contributed by atoms with Crippen molar-refractivity contribution in [3.05, 3.63) is 34.1 Å². The number of halogens is 2. The molecule has 2 nitrogen and oxygen atoms in total. The summed E-state index contributed by atoms with van der Waals surface area (Å²) >= 11 is 3.42. The molecule has 1 aliphatic heterocycles. The number of nitrogens with one attached hydrogen (secondary N) is 1. The molecule has 2 atom stereocenters. The molecule has 0 bridgehead atoms. The highest BCUT2D eigenvalue weighted by atomic mass is 79.9. The fraction of sp³-hybridized carbons (Fsp3) is 0.538. The minimum atomic E-state index is -0.112. The first-order valence-electron chi connectivity index (χ1n) is 5.91. The Kier molecular flexibility index (Phi) is 4.17. The zero-order valence-electron chi connectivity index (χ0n) is 10.2. The first kappa shape index (κ1) is 13.0. The van der Waals surface area contributed by atoms with Crippen LogP contribution in [0.5, 0.6) is 0 Å². The quantitative estimate of drug-likeness (QED) is 0.923. The van der Waals surface area contributed by atoms with Crippen molar-refractivity contribution in [2.75, 3.05) is 27.2 Å². The molecule has 17 heavy (non-hydrogen) atoms. The Balaban J connectivity index is 2.34. The molecule has 1 saturated heterocycles. The lowest BCUT2D eigenvalue weighted by molar-refractivity contribution is 0.217. The largest absolute Gasteiger partial charge is 0.316 e. The molecule has 0 amide bonds. The molecule has 94 valence electrons. The van der Waals surface area contributed by atoms with Crippen LogP contribution in [0.15, 0.2) is 22.7 Å². The summed E-state index contributed by atoms with van der Waals surface area (Å²) in [5.74, 6) is 0.368. The van der Waals surface area contributed by atoms with Crippen molar-refractivity contribution in [1.29, 1.82) is 0 Å². The van der Waals surface area contributed by atoms with Gasteiger partial charge in [-0.25, -0.2) is 4.39 Å². The molecule has 4 heteroatoms. The lowest BCUT2D eigenvalue weighted by atomic mass is 9.91. The Bertz CT molecular complexity index is 389. The average Bonchev–Trinajstić information content (AvgIpc) is 2.76. The molecule has 1 N–H and O–H groups in total. The zero-order valence-corrected chi connectivity index (χ0v) is 11.8. The van der Waals surface area contributed by atoms with Gasteiger partial charge in [0.05, 0.1) is 0 Å². The second-order valence-corrected chi connectivity index (χ2v) is 5.74. The van der Waals surface area contributed by atoms with Gasteiger partial charge in [0.1, 0.15) is 5.82 Å². The standard InChI is InChI=1S/C13H18BrFN2/c1-17(2)13(9-5-6-16-8-9)11-7-10(14)3-4-12(11)15/h3-4,7,9,13,16H,5-6,8H2,1-2H3. The Labute approximate surface area is 110 Å². The molecule has 0 saturated carbocycles. The molecular weight excluding hydrogens is 283 g/mol. The highest BCUT2D eigenvalue weighted by Gasteiger charge is 2.29. The van der Waals surface area contributed by atoms with E-state index in [1.165, 1.54) is 6.07 Å². The maximum absolute atomic E-state index is 14.0. The smallest absolute Gasteiger partial charge is 0.128 e. The summed E-state index contributed by atoms with van der Waals surface area (Å²) in [6, 6.07) is 5.33. The van der Waals surface area contributed by atoms with Crippen LogP contribution >= 0.6 is 15.9 Å². The summed E-state index contributed by atoms with van der Waals surface area (Å²) in [5.41, 5.74) is 0.790. The van der Waals surface area contributed by atoms with Crippen LogP contribution in [0.3, 0.4) is 0 Å². The number of benzene rings is 1. The molecule has 2 unspecified atom stereocenters. The first-order chi connectivity index (χ1) is 8.09. The average molecular weight is 301 g/mol. The molecule has 0 radical (unpaired) electrons. The van der Waals surface area contributed by atoms with Gasteiger partial charge in [0.2, 0.25) is 0 Å². The van der Waals surface area contributed by atoms with E-state index in [4.69, 9.17) is 0 Å². The summed E-state index contributed by atoms with van der Waals surface area (Å²) in [4.78, 5) is 2.11. The Morgan fingerprint density at radius 1 is 1.47 bits per heavy atom. The van der Waals surface area contributed by atoms with E-state index in [1.807, 2.05) is 20.2 Å². The van der Waals surface area contributed by atoms with Gasteiger partial charge in [0.25, 0.3) is 0 Å². The van der Waals surface area contributed by atoms with Crippen molar-refractivity contribution in [3.63, 3.8) is 0 Å².